The molecule has 2 nitrogen and oxygen atoms in total. The highest BCUT2D eigenvalue weighted by Crippen LogP contribution is 2.28. The molecule has 0 amide bonds. The van der Waals surface area contributed by atoms with Gasteiger partial charge in [0.05, 0.1) is 5.25 Å². The topological polar surface area (TPSA) is 40.9 Å². The molecule has 0 N–H and O–H groups in total. The van der Waals surface area contributed by atoms with Crippen molar-refractivity contribution in [1.29, 1.82) is 5.26 Å². The Kier molecular flexibility index (Phi) is 2.95. The van der Waals surface area contributed by atoms with E-state index in [0.717, 1.165) is 24.6 Å². The third-order valence-electron chi connectivity index (χ3n) is 2.05. The summed E-state index contributed by atoms with van der Waals surface area (Å²) in [5, 5.41) is 10.3. The molecule has 1 saturated carbocycles. The van der Waals surface area contributed by atoms with Crippen LogP contribution in [0.1, 0.15) is 26.2 Å². The van der Waals surface area contributed by atoms with E-state index in [9.17, 15) is 4.79 Å². The Balaban J connectivity index is 2.49. The van der Waals surface area contributed by atoms with Crippen LogP contribution in [0.25, 0.3) is 0 Å². The molecule has 1 fully saturated rings. The zero-order valence-electron chi connectivity index (χ0n) is 6.54. The molecule has 1 aliphatic rings. The van der Waals surface area contributed by atoms with Crippen LogP contribution in [0.2, 0.25) is 0 Å². The summed E-state index contributed by atoms with van der Waals surface area (Å²) < 4.78 is 0. The maximum atomic E-state index is 11.2. The molecule has 0 aliphatic heterocycles. The number of Topliss-reactive ketones (excluding diaryl/α,β-unsaturated/α-hetero) is 1. The van der Waals surface area contributed by atoms with Gasteiger partial charge < -0.3 is 0 Å². The van der Waals surface area contributed by atoms with Crippen LogP contribution in [-0.4, -0.2) is 11.0 Å². The van der Waals surface area contributed by atoms with Crippen molar-refractivity contribution in [2.45, 2.75) is 31.4 Å². The first kappa shape index (κ1) is 8.61. The van der Waals surface area contributed by atoms with Crippen molar-refractivity contribution in [3.8, 4) is 5.40 Å². The van der Waals surface area contributed by atoms with Crippen LogP contribution in [0.15, 0.2) is 0 Å². The summed E-state index contributed by atoms with van der Waals surface area (Å²) >= 11 is 1.12. The predicted molar refractivity (Wildman–Crippen MR) is 45.0 cm³/mol. The van der Waals surface area contributed by atoms with E-state index < -0.39 is 0 Å². The second-order valence-corrected chi connectivity index (χ2v) is 4.03. The second-order valence-electron chi connectivity index (χ2n) is 3.04. The summed E-state index contributed by atoms with van der Waals surface area (Å²) in [6.45, 7) is 2.14. The largest absolute Gasteiger partial charge is 0.298 e. The lowest BCUT2D eigenvalue weighted by Crippen LogP contribution is -2.25. The maximum Gasteiger partial charge on any atom is 0.146 e. The number of thiocyanates is 1. The number of nitrogens with zero attached hydrogens (tertiary/aromatic N) is 1. The summed E-state index contributed by atoms with van der Waals surface area (Å²) in [6, 6.07) is 0. The highest BCUT2D eigenvalue weighted by Gasteiger charge is 2.26. The van der Waals surface area contributed by atoms with Crippen LogP contribution >= 0.6 is 11.8 Å². The summed E-state index contributed by atoms with van der Waals surface area (Å²) in [5.74, 6) is 0.869. The van der Waals surface area contributed by atoms with Gasteiger partial charge in [-0.15, -0.1) is 0 Å². The fourth-order valence-electron chi connectivity index (χ4n) is 1.34. The summed E-state index contributed by atoms with van der Waals surface area (Å²) in [6.07, 6.45) is 2.55. The molecule has 1 rings (SSSR count). The zero-order valence-corrected chi connectivity index (χ0v) is 7.36. The lowest BCUT2D eigenvalue weighted by molar-refractivity contribution is -0.120. The minimum atomic E-state index is -0.0382. The van der Waals surface area contributed by atoms with Gasteiger partial charge >= 0.3 is 0 Å². The van der Waals surface area contributed by atoms with Crippen molar-refractivity contribution < 1.29 is 4.79 Å². The molecule has 2 unspecified atom stereocenters. The van der Waals surface area contributed by atoms with Crippen LogP contribution in [0.5, 0.6) is 0 Å². The first-order valence-corrected chi connectivity index (χ1v) is 4.69. The van der Waals surface area contributed by atoms with Gasteiger partial charge in [0.1, 0.15) is 11.2 Å². The van der Waals surface area contributed by atoms with E-state index in [4.69, 9.17) is 5.26 Å². The Morgan fingerprint density at radius 1 is 1.73 bits per heavy atom. The number of thioether (sulfide) groups is 1. The van der Waals surface area contributed by atoms with Crippen molar-refractivity contribution in [3.05, 3.63) is 0 Å². The molecule has 0 spiro atoms. The van der Waals surface area contributed by atoms with E-state index in [1.807, 2.05) is 5.40 Å². The molecule has 0 saturated heterocycles. The van der Waals surface area contributed by atoms with Gasteiger partial charge in [0.25, 0.3) is 0 Å². The highest BCUT2D eigenvalue weighted by molar-refractivity contribution is 8.04. The molecule has 60 valence electrons. The lowest BCUT2D eigenvalue weighted by atomic mass is 9.90. The van der Waals surface area contributed by atoms with E-state index in [0.29, 0.717) is 12.3 Å². The Morgan fingerprint density at radius 2 is 2.45 bits per heavy atom. The Morgan fingerprint density at radius 3 is 3.09 bits per heavy atom. The Labute approximate surface area is 71.0 Å². The molecule has 0 radical (unpaired) electrons. The maximum absolute atomic E-state index is 11.2. The van der Waals surface area contributed by atoms with E-state index in [2.05, 4.69) is 6.92 Å². The molecule has 0 heterocycles. The van der Waals surface area contributed by atoms with Crippen LogP contribution in [0.3, 0.4) is 0 Å². The van der Waals surface area contributed by atoms with Crippen LogP contribution in [-0.2, 0) is 4.79 Å². The smallest absolute Gasteiger partial charge is 0.146 e. The minimum Gasteiger partial charge on any atom is -0.298 e. The molecule has 0 aromatic rings. The number of hydrogen-bond donors (Lipinski definition) is 0. The normalized spacial score (nSPS) is 31.5. The number of hydrogen-bond acceptors (Lipinski definition) is 3. The molecular weight excluding hydrogens is 158 g/mol. The number of carbonyl (C=O) groups excluding carboxylic acids is 1. The second kappa shape index (κ2) is 3.77. The summed E-state index contributed by atoms with van der Waals surface area (Å²) in [7, 11) is 0. The third kappa shape index (κ3) is 2.23. The molecular formula is C8H11NOS. The fraction of sp³-hybridized carbons (Fsp3) is 0.750. The highest BCUT2D eigenvalue weighted by atomic mass is 32.2. The number of ketones is 1. The van der Waals surface area contributed by atoms with Gasteiger partial charge in [-0.3, -0.25) is 4.79 Å². The minimum absolute atomic E-state index is 0.0382. The number of rotatable bonds is 1. The summed E-state index contributed by atoms with van der Waals surface area (Å²) in [4.78, 5) is 11.2. The molecule has 11 heavy (non-hydrogen) atoms. The molecule has 0 aromatic heterocycles. The summed E-state index contributed by atoms with van der Waals surface area (Å²) in [5.41, 5.74) is 0. The van der Waals surface area contributed by atoms with Gasteiger partial charge in [0.2, 0.25) is 0 Å². The standard InChI is InChI=1S/C8H11NOS/c1-6-2-3-7(10)8(4-6)11-5-9/h6,8H,2-4H2,1H3. The predicted octanol–water partition coefficient (Wildman–Crippen LogP) is 1.96. The first-order valence-electron chi connectivity index (χ1n) is 3.81. The Hall–Kier alpha value is -0.490. The van der Waals surface area contributed by atoms with E-state index in [1.54, 1.807) is 0 Å². The quantitative estimate of drug-likeness (QED) is 0.563. The fourth-order valence-corrected chi connectivity index (χ4v) is 2.14. The van der Waals surface area contributed by atoms with Gasteiger partial charge in [-0.25, -0.2) is 0 Å². The molecule has 1 aliphatic carbocycles. The van der Waals surface area contributed by atoms with Crippen LogP contribution in [0.4, 0.5) is 0 Å². The number of nitriles is 1. The van der Waals surface area contributed by atoms with E-state index in [-0.39, 0.29) is 11.0 Å². The van der Waals surface area contributed by atoms with Crippen molar-refractivity contribution in [2.75, 3.05) is 0 Å². The van der Waals surface area contributed by atoms with E-state index in [1.165, 1.54) is 0 Å². The Bertz CT molecular complexity index is 197. The third-order valence-corrected chi connectivity index (χ3v) is 2.90. The van der Waals surface area contributed by atoms with Crippen LogP contribution in [0, 0.1) is 16.6 Å². The van der Waals surface area contributed by atoms with Crippen molar-refractivity contribution in [2.24, 2.45) is 5.92 Å². The van der Waals surface area contributed by atoms with Gasteiger partial charge in [-0.1, -0.05) is 6.92 Å². The molecule has 3 heteroatoms. The van der Waals surface area contributed by atoms with Gasteiger partial charge in [0.15, 0.2) is 0 Å². The van der Waals surface area contributed by atoms with Crippen molar-refractivity contribution in [1.82, 2.24) is 0 Å². The lowest BCUT2D eigenvalue weighted by Gasteiger charge is -2.22. The van der Waals surface area contributed by atoms with Crippen molar-refractivity contribution in [3.63, 3.8) is 0 Å². The molecule has 0 bridgehead atoms. The van der Waals surface area contributed by atoms with Crippen molar-refractivity contribution >= 4 is 17.5 Å². The van der Waals surface area contributed by atoms with Gasteiger partial charge in [0, 0.05) is 6.42 Å². The first-order chi connectivity index (χ1) is 5.24. The van der Waals surface area contributed by atoms with Gasteiger partial charge in [-0.2, -0.15) is 5.26 Å². The van der Waals surface area contributed by atoms with Gasteiger partial charge in [-0.05, 0) is 30.5 Å². The average Bonchev–Trinajstić information content (AvgIpc) is 1.98. The SMILES string of the molecule is CC1CCC(=O)C(SC#N)C1. The molecule has 0 aromatic carbocycles. The molecule has 2 atom stereocenters. The van der Waals surface area contributed by atoms with Crippen LogP contribution < -0.4 is 0 Å². The monoisotopic (exact) mass is 169 g/mol. The number of carbonyl (C=O) groups is 1. The zero-order chi connectivity index (χ0) is 8.27. The average molecular weight is 169 g/mol. The van der Waals surface area contributed by atoms with E-state index >= 15 is 0 Å².